The number of hydrogen-bond acceptors (Lipinski definition) is 2. The Labute approximate surface area is 89.1 Å². The molecule has 2 heteroatoms. The molecule has 2 unspecified atom stereocenters. The van der Waals surface area contributed by atoms with Crippen molar-refractivity contribution in [3.63, 3.8) is 0 Å². The topological polar surface area (TPSA) is 15.3 Å². The maximum Gasteiger partial charge on any atom is 0.0197 e. The molecule has 0 amide bonds. The summed E-state index contributed by atoms with van der Waals surface area (Å²) in [5, 5.41) is 3.80. The largest absolute Gasteiger partial charge is 0.310 e. The Balaban J connectivity index is 2.26. The molecule has 2 nitrogen and oxygen atoms in total. The van der Waals surface area contributed by atoms with Crippen LogP contribution in [-0.2, 0) is 0 Å². The van der Waals surface area contributed by atoms with E-state index in [0.29, 0.717) is 0 Å². The van der Waals surface area contributed by atoms with E-state index in [9.17, 15) is 0 Å². The van der Waals surface area contributed by atoms with Crippen molar-refractivity contribution in [3.8, 4) is 0 Å². The lowest BCUT2D eigenvalue weighted by atomic mass is 10.0. The molecule has 0 bridgehead atoms. The lowest BCUT2D eigenvalue weighted by molar-refractivity contribution is 0.212. The van der Waals surface area contributed by atoms with Crippen LogP contribution in [0.25, 0.3) is 0 Å². The molecule has 1 N–H and O–H groups in total. The van der Waals surface area contributed by atoms with Crippen molar-refractivity contribution in [2.45, 2.75) is 58.0 Å². The molecule has 0 aliphatic carbocycles. The van der Waals surface area contributed by atoms with E-state index in [4.69, 9.17) is 0 Å². The minimum absolute atomic E-state index is 0.741. The summed E-state index contributed by atoms with van der Waals surface area (Å²) in [7, 11) is 2.23. The summed E-state index contributed by atoms with van der Waals surface area (Å²) in [5.74, 6) is 0. The van der Waals surface area contributed by atoms with Crippen LogP contribution in [0.15, 0.2) is 0 Å². The smallest absolute Gasteiger partial charge is 0.0197 e. The zero-order valence-electron chi connectivity index (χ0n) is 10.1. The Morgan fingerprint density at radius 2 is 2.21 bits per heavy atom. The third-order valence-corrected chi connectivity index (χ3v) is 3.23. The number of rotatable bonds is 5. The highest BCUT2D eigenvalue weighted by Gasteiger charge is 2.18. The van der Waals surface area contributed by atoms with Gasteiger partial charge in [0.2, 0.25) is 0 Å². The van der Waals surface area contributed by atoms with E-state index in [2.05, 4.69) is 31.1 Å². The Bertz CT molecular complexity index is 147. The van der Waals surface area contributed by atoms with Crippen molar-refractivity contribution in [1.29, 1.82) is 0 Å². The van der Waals surface area contributed by atoms with Crippen molar-refractivity contribution in [3.05, 3.63) is 0 Å². The number of piperidine rings is 1. The van der Waals surface area contributed by atoms with Gasteiger partial charge in [-0.25, -0.2) is 0 Å². The quantitative estimate of drug-likeness (QED) is 0.729. The molecule has 0 spiro atoms. The highest BCUT2D eigenvalue weighted by Crippen LogP contribution is 2.11. The number of nitrogens with one attached hydrogen (secondary N) is 1. The molecule has 0 aromatic rings. The predicted octanol–water partition coefficient (Wildman–Crippen LogP) is 2.25. The first-order valence-corrected chi connectivity index (χ1v) is 6.20. The number of hydrogen-bond donors (Lipinski definition) is 1. The van der Waals surface area contributed by atoms with Gasteiger partial charge in [-0.05, 0) is 39.3 Å². The van der Waals surface area contributed by atoms with Gasteiger partial charge in [-0.2, -0.15) is 0 Å². The van der Waals surface area contributed by atoms with Gasteiger partial charge in [0.15, 0.2) is 0 Å². The summed E-state index contributed by atoms with van der Waals surface area (Å²) in [4.78, 5) is 2.44. The van der Waals surface area contributed by atoms with Gasteiger partial charge in [0.05, 0.1) is 0 Å². The van der Waals surface area contributed by atoms with Crippen LogP contribution in [0, 0.1) is 0 Å². The van der Waals surface area contributed by atoms with Crippen molar-refractivity contribution >= 4 is 0 Å². The fraction of sp³-hybridized carbons (Fsp3) is 1.00. The third kappa shape index (κ3) is 3.97. The molecule has 0 radical (unpaired) electrons. The highest BCUT2D eigenvalue weighted by atomic mass is 15.1. The minimum Gasteiger partial charge on any atom is -0.310 e. The van der Waals surface area contributed by atoms with Crippen LogP contribution >= 0.6 is 0 Å². The zero-order valence-corrected chi connectivity index (χ0v) is 10.1. The molecule has 1 rings (SSSR count). The van der Waals surface area contributed by atoms with E-state index in [0.717, 1.165) is 12.1 Å². The van der Waals surface area contributed by atoms with Crippen molar-refractivity contribution in [2.75, 3.05) is 20.1 Å². The van der Waals surface area contributed by atoms with Gasteiger partial charge >= 0.3 is 0 Å². The van der Waals surface area contributed by atoms with E-state index in [-0.39, 0.29) is 0 Å². The second-order valence-electron chi connectivity index (χ2n) is 4.66. The Morgan fingerprint density at radius 1 is 1.43 bits per heavy atom. The third-order valence-electron chi connectivity index (χ3n) is 3.23. The Hall–Kier alpha value is -0.0800. The van der Waals surface area contributed by atoms with Crippen LogP contribution in [0.4, 0.5) is 0 Å². The van der Waals surface area contributed by atoms with Gasteiger partial charge in [-0.3, -0.25) is 0 Å². The van der Waals surface area contributed by atoms with Gasteiger partial charge in [0, 0.05) is 18.6 Å². The number of likely N-dealkylation sites (tertiary alicyclic amines) is 1. The molecule has 1 aliphatic rings. The first-order valence-electron chi connectivity index (χ1n) is 6.20. The van der Waals surface area contributed by atoms with E-state index in [1.807, 2.05) is 0 Å². The standard InChI is InChI=1S/C12H26N2/c1-4-7-11(5-2)13-12-8-6-9-14(3)10-12/h11-13H,4-10H2,1-3H3. The summed E-state index contributed by atoms with van der Waals surface area (Å²) in [6.07, 6.45) is 6.63. The first-order chi connectivity index (χ1) is 6.76. The van der Waals surface area contributed by atoms with Crippen LogP contribution in [0.3, 0.4) is 0 Å². The molecule has 1 heterocycles. The molecule has 1 aliphatic heterocycles. The fourth-order valence-corrected chi connectivity index (χ4v) is 2.39. The summed E-state index contributed by atoms with van der Waals surface area (Å²) >= 11 is 0. The SMILES string of the molecule is CCCC(CC)NC1CCCN(C)C1. The monoisotopic (exact) mass is 198 g/mol. The van der Waals surface area contributed by atoms with Crippen LogP contribution in [0.5, 0.6) is 0 Å². The minimum atomic E-state index is 0.741. The van der Waals surface area contributed by atoms with Gasteiger partial charge in [0.1, 0.15) is 0 Å². The second kappa shape index (κ2) is 6.41. The van der Waals surface area contributed by atoms with Crippen LogP contribution in [0.1, 0.15) is 46.0 Å². The van der Waals surface area contributed by atoms with Crippen LogP contribution in [-0.4, -0.2) is 37.1 Å². The fourth-order valence-electron chi connectivity index (χ4n) is 2.39. The second-order valence-corrected chi connectivity index (χ2v) is 4.66. The van der Waals surface area contributed by atoms with Crippen LogP contribution < -0.4 is 5.32 Å². The summed E-state index contributed by atoms with van der Waals surface area (Å²) in [6, 6.07) is 1.49. The van der Waals surface area contributed by atoms with Gasteiger partial charge in [-0.15, -0.1) is 0 Å². The molecule has 84 valence electrons. The molecular weight excluding hydrogens is 172 g/mol. The lowest BCUT2D eigenvalue weighted by Gasteiger charge is -2.33. The summed E-state index contributed by atoms with van der Waals surface area (Å²) in [5.41, 5.74) is 0. The van der Waals surface area contributed by atoms with E-state index in [1.165, 1.54) is 45.2 Å². The molecule has 2 atom stereocenters. The summed E-state index contributed by atoms with van der Waals surface area (Å²) in [6.45, 7) is 7.08. The van der Waals surface area contributed by atoms with Crippen molar-refractivity contribution in [1.82, 2.24) is 10.2 Å². The average molecular weight is 198 g/mol. The van der Waals surface area contributed by atoms with Crippen LogP contribution in [0.2, 0.25) is 0 Å². The zero-order chi connectivity index (χ0) is 10.4. The van der Waals surface area contributed by atoms with Crippen molar-refractivity contribution in [2.24, 2.45) is 0 Å². The lowest BCUT2D eigenvalue weighted by Crippen LogP contribution is -2.47. The van der Waals surface area contributed by atoms with Gasteiger partial charge in [-0.1, -0.05) is 20.3 Å². The molecular formula is C12H26N2. The van der Waals surface area contributed by atoms with Crippen molar-refractivity contribution < 1.29 is 0 Å². The first kappa shape index (κ1) is 12.0. The van der Waals surface area contributed by atoms with E-state index < -0.39 is 0 Å². The Morgan fingerprint density at radius 3 is 2.79 bits per heavy atom. The Kier molecular flexibility index (Phi) is 5.49. The number of nitrogens with zero attached hydrogens (tertiary/aromatic N) is 1. The molecule has 1 saturated heterocycles. The number of likely N-dealkylation sites (N-methyl/N-ethyl adjacent to an activating group) is 1. The maximum atomic E-state index is 3.80. The maximum absolute atomic E-state index is 3.80. The average Bonchev–Trinajstić information content (AvgIpc) is 2.17. The molecule has 0 saturated carbocycles. The van der Waals surface area contributed by atoms with Gasteiger partial charge < -0.3 is 10.2 Å². The highest BCUT2D eigenvalue weighted by molar-refractivity contribution is 4.79. The molecule has 1 fully saturated rings. The van der Waals surface area contributed by atoms with Gasteiger partial charge in [0.25, 0.3) is 0 Å². The van der Waals surface area contributed by atoms with E-state index in [1.54, 1.807) is 0 Å². The molecule has 0 aromatic heterocycles. The summed E-state index contributed by atoms with van der Waals surface area (Å²) < 4.78 is 0. The predicted molar refractivity (Wildman–Crippen MR) is 62.6 cm³/mol. The molecule has 14 heavy (non-hydrogen) atoms. The van der Waals surface area contributed by atoms with E-state index >= 15 is 0 Å². The normalized spacial score (nSPS) is 26.4. The molecule has 0 aromatic carbocycles.